The predicted octanol–water partition coefficient (Wildman–Crippen LogP) is 2.98. The number of halogens is 1. The second kappa shape index (κ2) is 8.15. The lowest BCUT2D eigenvalue weighted by molar-refractivity contribution is 0.494. The van der Waals surface area contributed by atoms with Gasteiger partial charge in [-0.2, -0.15) is 0 Å². The molecule has 1 saturated heterocycles. The molecule has 2 rings (SSSR count). The van der Waals surface area contributed by atoms with E-state index in [9.17, 15) is 4.39 Å². The topological polar surface area (TPSA) is 27.6 Å². The number of likely N-dealkylation sites (tertiary alicyclic amines) is 1. The van der Waals surface area contributed by atoms with E-state index < -0.39 is 0 Å². The summed E-state index contributed by atoms with van der Waals surface area (Å²) in [6.45, 7) is 5.85. The first-order chi connectivity index (χ1) is 9.81. The summed E-state index contributed by atoms with van der Waals surface area (Å²) in [6, 6.07) is 6.90. The van der Waals surface area contributed by atoms with Crippen LogP contribution in [0.4, 0.5) is 4.39 Å². The smallest absolute Gasteiger partial charge is 0.193 e. The largest absolute Gasteiger partial charge is 0.357 e. The monoisotopic (exact) mass is 295 g/mol. The molecule has 3 nitrogen and oxygen atoms in total. The standard InChI is InChI=1S/C15H22FN3S/c1-2-17-15(19-10-5-6-11-19)18-9-12-20-14-8-4-3-7-13(14)16/h3-4,7-8H,2,5-6,9-12H2,1H3,(H,17,18). The van der Waals surface area contributed by atoms with E-state index in [2.05, 4.69) is 22.1 Å². The third-order valence-corrected chi connectivity index (χ3v) is 4.22. The molecule has 1 fully saturated rings. The maximum Gasteiger partial charge on any atom is 0.193 e. The van der Waals surface area contributed by atoms with Gasteiger partial charge < -0.3 is 10.2 Å². The SMILES string of the molecule is CCNC(=NCCSc1ccccc1F)N1CCCC1. The fraction of sp³-hybridized carbons (Fsp3) is 0.533. The molecule has 0 amide bonds. The lowest BCUT2D eigenvalue weighted by atomic mass is 10.3. The van der Waals surface area contributed by atoms with Crippen molar-refractivity contribution in [1.29, 1.82) is 0 Å². The molecule has 0 aromatic heterocycles. The van der Waals surface area contributed by atoms with E-state index in [4.69, 9.17) is 0 Å². The van der Waals surface area contributed by atoms with E-state index in [0.29, 0.717) is 11.4 Å². The van der Waals surface area contributed by atoms with Crippen molar-refractivity contribution in [2.75, 3.05) is 31.9 Å². The van der Waals surface area contributed by atoms with Gasteiger partial charge in [-0.05, 0) is 31.9 Å². The molecule has 20 heavy (non-hydrogen) atoms. The molecule has 0 unspecified atom stereocenters. The molecule has 0 spiro atoms. The van der Waals surface area contributed by atoms with Crippen molar-refractivity contribution < 1.29 is 4.39 Å². The molecule has 1 aromatic rings. The molecule has 1 N–H and O–H groups in total. The van der Waals surface area contributed by atoms with Gasteiger partial charge in [0.05, 0.1) is 6.54 Å². The van der Waals surface area contributed by atoms with E-state index in [1.807, 2.05) is 12.1 Å². The van der Waals surface area contributed by atoms with Crippen molar-refractivity contribution in [1.82, 2.24) is 10.2 Å². The maximum absolute atomic E-state index is 13.5. The first-order valence-corrected chi connectivity index (χ1v) is 8.20. The number of hydrogen-bond acceptors (Lipinski definition) is 2. The lowest BCUT2D eigenvalue weighted by Crippen LogP contribution is -2.39. The van der Waals surface area contributed by atoms with Crippen LogP contribution in [0.2, 0.25) is 0 Å². The van der Waals surface area contributed by atoms with Gasteiger partial charge in [-0.3, -0.25) is 4.99 Å². The first kappa shape index (κ1) is 15.2. The van der Waals surface area contributed by atoms with E-state index in [1.54, 1.807) is 6.07 Å². The van der Waals surface area contributed by atoms with Gasteiger partial charge in [-0.1, -0.05) is 12.1 Å². The zero-order valence-corrected chi connectivity index (χ0v) is 12.8. The molecule has 1 heterocycles. The highest BCUT2D eigenvalue weighted by atomic mass is 32.2. The van der Waals surface area contributed by atoms with Crippen LogP contribution in [0.25, 0.3) is 0 Å². The number of nitrogens with one attached hydrogen (secondary N) is 1. The van der Waals surface area contributed by atoms with Gasteiger partial charge in [0.25, 0.3) is 0 Å². The Hall–Kier alpha value is -1.23. The van der Waals surface area contributed by atoms with Gasteiger partial charge in [0, 0.05) is 30.3 Å². The van der Waals surface area contributed by atoms with Gasteiger partial charge in [0.1, 0.15) is 5.82 Å². The third-order valence-electron chi connectivity index (χ3n) is 3.19. The van der Waals surface area contributed by atoms with Crippen LogP contribution in [-0.4, -0.2) is 42.8 Å². The molecule has 110 valence electrons. The summed E-state index contributed by atoms with van der Waals surface area (Å²) in [5, 5.41) is 3.33. The summed E-state index contributed by atoms with van der Waals surface area (Å²) < 4.78 is 13.5. The van der Waals surface area contributed by atoms with Crippen molar-refractivity contribution in [3.05, 3.63) is 30.1 Å². The quantitative estimate of drug-likeness (QED) is 0.392. The summed E-state index contributed by atoms with van der Waals surface area (Å²) in [5.41, 5.74) is 0. The fourth-order valence-corrected chi connectivity index (χ4v) is 3.01. The van der Waals surface area contributed by atoms with Gasteiger partial charge in [-0.25, -0.2) is 4.39 Å². The highest BCUT2D eigenvalue weighted by Crippen LogP contribution is 2.20. The molecule has 0 radical (unpaired) electrons. The zero-order valence-electron chi connectivity index (χ0n) is 11.9. The Morgan fingerprint density at radius 2 is 2.10 bits per heavy atom. The number of benzene rings is 1. The molecule has 1 aromatic carbocycles. The fourth-order valence-electron chi connectivity index (χ4n) is 2.22. The average Bonchev–Trinajstić information content (AvgIpc) is 2.98. The Morgan fingerprint density at radius 1 is 1.35 bits per heavy atom. The van der Waals surface area contributed by atoms with Crippen molar-refractivity contribution in [3.8, 4) is 0 Å². The van der Waals surface area contributed by atoms with Crippen LogP contribution in [0.5, 0.6) is 0 Å². The van der Waals surface area contributed by atoms with E-state index in [0.717, 1.165) is 31.3 Å². The summed E-state index contributed by atoms with van der Waals surface area (Å²) in [5.74, 6) is 1.65. The highest BCUT2D eigenvalue weighted by Gasteiger charge is 2.15. The Morgan fingerprint density at radius 3 is 2.80 bits per heavy atom. The van der Waals surface area contributed by atoms with Crippen molar-refractivity contribution in [3.63, 3.8) is 0 Å². The normalized spacial score (nSPS) is 15.7. The van der Waals surface area contributed by atoms with Gasteiger partial charge >= 0.3 is 0 Å². The molecule has 0 bridgehead atoms. The van der Waals surface area contributed by atoms with Crippen LogP contribution < -0.4 is 5.32 Å². The summed E-state index contributed by atoms with van der Waals surface area (Å²) in [4.78, 5) is 7.63. The number of guanidine groups is 1. The third kappa shape index (κ3) is 4.40. The van der Waals surface area contributed by atoms with E-state index >= 15 is 0 Å². The Bertz CT molecular complexity index is 444. The Balaban J connectivity index is 1.82. The number of rotatable bonds is 5. The van der Waals surface area contributed by atoms with Crippen LogP contribution >= 0.6 is 11.8 Å². The number of thioether (sulfide) groups is 1. The Labute approximate surface area is 124 Å². The molecule has 0 aliphatic carbocycles. The lowest BCUT2D eigenvalue weighted by Gasteiger charge is -2.20. The minimum absolute atomic E-state index is 0.145. The molecule has 1 aliphatic heterocycles. The van der Waals surface area contributed by atoms with Crippen molar-refractivity contribution >= 4 is 17.7 Å². The van der Waals surface area contributed by atoms with Gasteiger partial charge in [0.15, 0.2) is 5.96 Å². The minimum Gasteiger partial charge on any atom is -0.357 e. The Kier molecular flexibility index (Phi) is 6.18. The molecule has 0 atom stereocenters. The van der Waals surface area contributed by atoms with E-state index in [-0.39, 0.29) is 5.82 Å². The number of aliphatic imine (C=N–C) groups is 1. The molecular weight excluding hydrogens is 273 g/mol. The van der Waals surface area contributed by atoms with Gasteiger partial charge in [-0.15, -0.1) is 11.8 Å². The van der Waals surface area contributed by atoms with Crippen LogP contribution in [0.3, 0.4) is 0 Å². The van der Waals surface area contributed by atoms with Crippen LogP contribution in [-0.2, 0) is 0 Å². The van der Waals surface area contributed by atoms with Crippen molar-refractivity contribution in [2.24, 2.45) is 4.99 Å². The predicted molar refractivity (Wildman–Crippen MR) is 83.9 cm³/mol. The average molecular weight is 295 g/mol. The molecule has 0 saturated carbocycles. The molecular formula is C15H22FN3S. The minimum atomic E-state index is -0.145. The second-order valence-electron chi connectivity index (χ2n) is 4.71. The van der Waals surface area contributed by atoms with Crippen LogP contribution in [0.1, 0.15) is 19.8 Å². The zero-order chi connectivity index (χ0) is 14.2. The summed E-state index contributed by atoms with van der Waals surface area (Å²) in [7, 11) is 0. The second-order valence-corrected chi connectivity index (χ2v) is 5.85. The van der Waals surface area contributed by atoms with Crippen molar-refractivity contribution in [2.45, 2.75) is 24.7 Å². The van der Waals surface area contributed by atoms with E-state index in [1.165, 1.54) is 30.7 Å². The first-order valence-electron chi connectivity index (χ1n) is 7.22. The molecule has 5 heteroatoms. The summed E-state index contributed by atoms with van der Waals surface area (Å²) in [6.07, 6.45) is 2.49. The van der Waals surface area contributed by atoms with Gasteiger partial charge in [0.2, 0.25) is 0 Å². The summed E-state index contributed by atoms with van der Waals surface area (Å²) >= 11 is 1.52. The maximum atomic E-state index is 13.5. The number of nitrogens with zero attached hydrogens (tertiary/aromatic N) is 2. The van der Waals surface area contributed by atoms with Crippen LogP contribution in [0.15, 0.2) is 34.2 Å². The highest BCUT2D eigenvalue weighted by molar-refractivity contribution is 7.99. The molecule has 1 aliphatic rings. The number of hydrogen-bond donors (Lipinski definition) is 1. The van der Waals surface area contributed by atoms with Crippen LogP contribution in [0, 0.1) is 5.82 Å².